The van der Waals surface area contributed by atoms with Crippen LogP contribution >= 0.6 is 0 Å². The summed E-state index contributed by atoms with van der Waals surface area (Å²) in [5.41, 5.74) is 0.751. The zero-order chi connectivity index (χ0) is 16.8. The molecule has 0 bridgehead atoms. The Morgan fingerprint density at radius 2 is 1.74 bits per heavy atom. The van der Waals surface area contributed by atoms with Gasteiger partial charge in [-0.25, -0.2) is 4.39 Å². The molecule has 23 heavy (non-hydrogen) atoms. The number of fused-ring (bicyclic) bond motifs is 1. The molecule has 1 heterocycles. The third-order valence-corrected chi connectivity index (χ3v) is 4.83. The molecule has 122 valence electrons. The lowest BCUT2D eigenvalue weighted by Crippen LogP contribution is -2.41. The maximum atomic E-state index is 14.5. The van der Waals surface area contributed by atoms with E-state index in [9.17, 15) is 4.39 Å². The van der Waals surface area contributed by atoms with Crippen molar-refractivity contribution in [3.8, 4) is 0 Å². The monoisotopic (exact) mass is 316 g/mol. The number of halogens is 1. The van der Waals surface area contributed by atoms with Crippen LogP contribution in [-0.4, -0.2) is 25.4 Å². The highest BCUT2D eigenvalue weighted by atomic mass is 19.1. The predicted molar refractivity (Wildman–Crippen MR) is 90.3 cm³/mol. The van der Waals surface area contributed by atoms with E-state index in [-0.39, 0.29) is 5.82 Å². The zero-order valence-corrected chi connectivity index (χ0v) is 14.3. The Labute approximate surface area is 136 Å². The number of methoxy groups -OCH3 is 1. The Kier molecular flexibility index (Phi) is 3.99. The Bertz CT molecular complexity index is 726. The average molecular weight is 316 g/mol. The summed E-state index contributed by atoms with van der Waals surface area (Å²) in [6.07, 6.45) is 0. The highest BCUT2D eigenvalue weighted by Crippen LogP contribution is 2.37. The molecule has 0 aromatic heterocycles. The molecular weight excluding hydrogens is 294 g/mol. The number of hydrogen-bond acceptors (Lipinski definition) is 3. The number of hydrogen-bond donors (Lipinski definition) is 0. The highest BCUT2D eigenvalue weighted by Gasteiger charge is 2.52. The van der Waals surface area contributed by atoms with Crippen LogP contribution < -0.4 is 5.46 Å². The van der Waals surface area contributed by atoms with Gasteiger partial charge in [0.2, 0.25) is 0 Å². The van der Waals surface area contributed by atoms with Crippen molar-refractivity contribution >= 4 is 23.4 Å². The third kappa shape index (κ3) is 2.78. The summed E-state index contributed by atoms with van der Waals surface area (Å²) in [5, 5.41) is 1.37. The van der Waals surface area contributed by atoms with Crippen molar-refractivity contribution in [2.24, 2.45) is 0 Å². The van der Waals surface area contributed by atoms with Crippen LogP contribution in [0.4, 0.5) is 4.39 Å². The summed E-state index contributed by atoms with van der Waals surface area (Å²) in [6, 6.07) is 8.93. The predicted octanol–water partition coefficient (Wildman–Crippen LogP) is 3.42. The Morgan fingerprint density at radius 3 is 2.35 bits per heavy atom. The van der Waals surface area contributed by atoms with Crippen LogP contribution in [0.3, 0.4) is 0 Å². The minimum absolute atomic E-state index is 0.267. The van der Waals surface area contributed by atoms with E-state index in [1.807, 2.05) is 45.9 Å². The van der Waals surface area contributed by atoms with Gasteiger partial charge in [-0.2, -0.15) is 0 Å². The number of ether oxygens (including phenoxy) is 1. The van der Waals surface area contributed by atoms with E-state index in [0.717, 1.165) is 10.9 Å². The van der Waals surface area contributed by atoms with Crippen LogP contribution in [0.5, 0.6) is 0 Å². The topological polar surface area (TPSA) is 27.7 Å². The second-order valence-electron chi connectivity index (χ2n) is 7.04. The average Bonchev–Trinajstić information content (AvgIpc) is 2.67. The lowest BCUT2D eigenvalue weighted by molar-refractivity contribution is 0.00578. The SMILES string of the molecule is COCc1cc(B2OC(C)(C)C(C)(C)O2)c2c(F)cccc2c1. The molecule has 2 aromatic rings. The summed E-state index contributed by atoms with van der Waals surface area (Å²) in [6.45, 7) is 8.42. The standard InChI is InChI=1S/C18H22BFO3/c1-17(2)18(3,4)23-19(22-17)14-10-12(11-21-5)9-13-7-6-8-15(20)16(13)14/h6-10H,11H2,1-5H3. The summed E-state index contributed by atoms with van der Waals surface area (Å²) >= 11 is 0. The first-order valence-corrected chi connectivity index (χ1v) is 7.81. The molecule has 3 nitrogen and oxygen atoms in total. The normalized spacial score (nSPS) is 19.5. The molecule has 0 N–H and O–H groups in total. The summed E-state index contributed by atoms with van der Waals surface area (Å²) < 4.78 is 31.9. The van der Waals surface area contributed by atoms with Crippen molar-refractivity contribution < 1.29 is 18.4 Å². The second-order valence-corrected chi connectivity index (χ2v) is 7.04. The van der Waals surface area contributed by atoms with Crippen LogP contribution in [0.1, 0.15) is 33.3 Å². The van der Waals surface area contributed by atoms with E-state index in [4.69, 9.17) is 14.0 Å². The zero-order valence-electron chi connectivity index (χ0n) is 14.3. The molecular formula is C18H22BFO3. The fourth-order valence-corrected chi connectivity index (χ4v) is 2.88. The summed E-state index contributed by atoms with van der Waals surface area (Å²) in [4.78, 5) is 0. The van der Waals surface area contributed by atoms with Crippen LogP contribution in [0.25, 0.3) is 10.8 Å². The fraction of sp³-hybridized carbons (Fsp3) is 0.444. The van der Waals surface area contributed by atoms with Gasteiger partial charge in [0, 0.05) is 12.5 Å². The molecule has 0 saturated carbocycles. The van der Waals surface area contributed by atoms with E-state index >= 15 is 0 Å². The molecule has 5 heteroatoms. The molecule has 1 saturated heterocycles. The van der Waals surface area contributed by atoms with E-state index in [2.05, 4.69) is 0 Å². The molecule has 2 aromatic carbocycles. The van der Waals surface area contributed by atoms with Gasteiger partial charge in [0.15, 0.2) is 0 Å². The summed E-state index contributed by atoms with van der Waals surface area (Å²) in [5.74, 6) is -0.267. The maximum absolute atomic E-state index is 14.5. The number of benzene rings is 2. The van der Waals surface area contributed by atoms with Crippen molar-refractivity contribution in [2.45, 2.75) is 45.5 Å². The van der Waals surface area contributed by atoms with Gasteiger partial charge in [-0.3, -0.25) is 0 Å². The Morgan fingerprint density at radius 1 is 1.09 bits per heavy atom. The highest BCUT2D eigenvalue weighted by molar-refractivity contribution is 6.65. The largest absolute Gasteiger partial charge is 0.495 e. The van der Waals surface area contributed by atoms with Crippen LogP contribution in [0.2, 0.25) is 0 Å². The van der Waals surface area contributed by atoms with E-state index in [1.54, 1.807) is 13.2 Å². The van der Waals surface area contributed by atoms with Crippen molar-refractivity contribution in [1.29, 1.82) is 0 Å². The van der Waals surface area contributed by atoms with Gasteiger partial charge in [0.25, 0.3) is 0 Å². The van der Waals surface area contributed by atoms with Crippen molar-refractivity contribution in [1.82, 2.24) is 0 Å². The first-order chi connectivity index (χ1) is 10.7. The second kappa shape index (κ2) is 5.58. The van der Waals surface area contributed by atoms with Gasteiger partial charge in [-0.1, -0.05) is 18.2 Å². The van der Waals surface area contributed by atoms with E-state index < -0.39 is 18.3 Å². The number of rotatable bonds is 3. The minimum Gasteiger partial charge on any atom is -0.399 e. The van der Waals surface area contributed by atoms with Gasteiger partial charge in [-0.05, 0) is 56.2 Å². The lowest BCUT2D eigenvalue weighted by Gasteiger charge is -2.32. The fourth-order valence-electron chi connectivity index (χ4n) is 2.88. The molecule has 1 fully saturated rings. The van der Waals surface area contributed by atoms with E-state index in [1.165, 1.54) is 6.07 Å². The quantitative estimate of drug-likeness (QED) is 0.812. The molecule has 1 aliphatic rings. The maximum Gasteiger partial charge on any atom is 0.495 e. The Balaban J connectivity index is 2.16. The first-order valence-electron chi connectivity index (χ1n) is 7.81. The molecule has 0 amide bonds. The Hall–Kier alpha value is -1.43. The molecule has 0 atom stereocenters. The molecule has 1 aliphatic heterocycles. The van der Waals surface area contributed by atoms with Crippen LogP contribution in [0.15, 0.2) is 30.3 Å². The first kappa shape index (κ1) is 16.4. The van der Waals surface area contributed by atoms with Crippen molar-refractivity contribution in [3.63, 3.8) is 0 Å². The lowest BCUT2D eigenvalue weighted by atomic mass is 9.75. The van der Waals surface area contributed by atoms with Gasteiger partial charge in [0.1, 0.15) is 5.82 Å². The van der Waals surface area contributed by atoms with Gasteiger partial charge in [0.05, 0.1) is 17.8 Å². The molecule has 0 radical (unpaired) electrons. The smallest absolute Gasteiger partial charge is 0.399 e. The van der Waals surface area contributed by atoms with Crippen LogP contribution in [0, 0.1) is 5.82 Å². The summed E-state index contributed by atoms with van der Waals surface area (Å²) in [7, 11) is 1.04. The third-order valence-electron chi connectivity index (χ3n) is 4.83. The molecule has 3 rings (SSSR count). The van der Waals surface area contributed by atoms with Crippen molar-refractivity contribution in [3.05, 3.63) is 41.7 Å². The molecule has 0 aliphatic carbocycles. The van der Waals surface area contributed by atoms with Gasteiger partial charge in [-0.15, -0.1) is 0 Å². The molecule has 0 spiro atoms. The molecule has 0 unspecified atom stereocenters. The van der Waals surface area contributed by atoms with E-state index in [0.29, 0.717) is 17.5 Å². The van der Waals surface area contributed by atoms with Gasteiger partial charge >= 0.3 is 7.12 Å². The van der Waals surface area contributed by atoms with Crippen LogP contribution in [-0.2, 0) is 20.7 Å². The minimum atomic E-state index is -0.601. The van der Waals surface area contributed by atoms with Crippen molar-refractivity contribution in [2.75, 3.05) is 7.11 Å². The van der Waals surface area contributed by atoms with Gasteiger partial charge < -0.3 is 14.0 Å².